The quantitative estimate of drug-likeness (QED) is 0.661. The number of rotatable bonds is 5. The lowest BCUT2D eigenvalue weighted by molar-refractivity contribution is -0.387. The van der Waals surface area contributed by atoms with E-state index in [0.717, 1.165) is 6.42 Å². The number of nitro groups is 1. The monoisotopic (exact) mass is 272 g/mol. The number of halogens is 2. The summed E-state index contributed by atoms with van der Waals surface area (Å²) in [7, 11) is 0. The molecule has 0 aliphatic heterocycles. The molecule has 1 amide bonds. The fraction of sp³-hybridized carbons (Fsp3) is 0.417. The summed E-state index contributed by atoms with van der Waals surface area (Å²) in [5, 5.41) is 13.0. The molecule has 1 aromatic carbocycles. The largest absolute Gasteiger partial charge is 0.349 e. The number of hydrogen-bond acceptors (Lipinski definition) is 3. The van der Waals surface area contributed by atoms with Crippen LogP contribution in [-0.4, -0.2) is 16.9 Å². The second kappa shape index (κ2) is 6.21. The Labute approximate surface area is 108 Å². The molecule has 0 aromatic heterocycles. The molecular formula is C12H14F2N2O3. The molecule has 1 rings (SSSR count). The first kappa shape index (κ1) is 15.0. The Bertz CT molecular complexity index is 506. The summed E-state index contributed by atoms with van der Waals surface area (Å²) in [5.74, 6) is -3.21. The average Bonchev–Trinajstić information content (AvgIpc) is 2.31. The molecule has 19 heavy (non-hydrogen) atoms. The molecule has 0 radical (unpaired) electrons. The van der Waals surface area contributed by atoms with Gasteiger partial charge in [0.1, 0.15) is 5.82 Å². The van der Waals surface area contributed by atoms with Crippen molar-refractivity contribution in [3.63, 3.8) is 0 Å². The first-order valence-corrected chi connectivity index (χ1v) is 5.81. The van der Waals surface area contributed by atoms with E-state index in [0.29, 0.717) is 18.6 Å². The maximum atomic E-state index is 13.7. The zero-order valence-corrected chi connectivity index (χ0v) is 10.6. The van der Waals surface area contributed by atoms with Crippen molar-refractivity contribution in [1.29, 1.82) is 0 Å². The molecule has 1 atom stereocenters. The van der Waals surface area contributed by atoms with Crippen LogP contribution in [0, 0.1) is 21.7 Å². The van der Waals surface area contributed by atoms with Gasteiger partial charge >= 0.3 is 5.69 Å². The topological polar surface area (TPSA) is 72.2 Å². The van der Waals surface area contributed by atoms with Crippen molar-refractivity contribution in [3.05, 3.63) is 39.4 Å². The minimum absolute atomic E-state index is 0.223. The van der Waals surface area contributed by atoms with Gasteiger partial charge in [0, 0.05) is 6.04 Å². The van der Waals surface area contributed by atoms with Crippen LogP contribution in [-0.2, 0) is 0 Å². The van der Waals surface area contributed by atoms with E-state index in [1.165, 1.54) is 0 Å². The number of nitrogens with one attached hydrogen (secondary N) is 1. The van der Waals surface area contributed by atoms with Crippen LogP contribution in [0.3, 0.4) is 0 Å². The van der Waals surface area contributed by atoms with Gasteiger partial charge in [0.2, 0.25) is 5.82 Å². The molecule has 0 aliphatic carbocycles. The van der Waals surface area contributed by atoms with Crippen molar-refractivity contribution < 1.29 is 18.5 Å². The molecular weight excluding hydrogens is 258 g/mol. The van der Waals surface area contributed by atoms with Crippen LogP contribution in [0.25, 0.3) is 0 Å². The minimum atomic E-state index is -1.33. The predicted octanol–water partition coefficient (Wildman–Crippen LogP) is 2.79. The van der Waals surface area contributed by atoms with E-state index in [2.05, 4.69) is 5.32 Å². The molecule has 0 spiro atoms. The Morgan fingerprint density at radius 3 is 2.63 bits per heavy atom. The van der Waals surface area contributed by atoms with E-state index in [1.807, 2.05) is 6.92 Å². The third-order valence-electron chi connectivity index (χ3n) is 2.56. The molecule has 0 bridgehead atoms. The van der Waals surface area contributed by atoms with Gasteiger partial charge in [-0.1, -0.05) is 13.3 Å². The third kappa shape index (κ3) is 3.70. The summed E-state index contributed by atoms with van der Waals surface area (Å²) in [5.41, 5.74) is -1.71. The average molecular weight is 272 g/mol. The van der Waals surface area contributed by atoms with Gasteiger partial charge in [-0.15, -0.1) is 0 Å². The molecule has 0 saturated carbocycles. The highest BCUT2D eigenvalue weighted by Gasteiger charge is 2.24. The van der Waals surface area contributed by atoms with E-state index >= 15 is 0 Å². The summed E-state index contributed by atoms with van der Waals surface area (Å²) in [4.78, 5) is 21.2. The van der Waals surface area contributed by atoms with Crippen molar-refractivity contribution >= 4 is 11.6 Å². The smallest absolute Gasteiger partial charge is 0.308 e. The number of carbonyl (C=O) groups is 1. The number of nitro benzene ring substituents is 1. The fourth-order valence-electron chi connectivity index (χ4n) is 1.68. The molecule has 0 heterocycles. The SMILES string of the molecule is CCCC(C)NC(=O)c1cc(F)cc([N+](=O)[O-])c1F. The van der Waals surface area contributed by atoms with Crippen molar-refractivity contribution in [3.8, 4) is 0 Å². The molecule has 1 aromatic rings. The van der Waals surface area contributed by atoms with E-state index in [1.54, 1.807) is 6.92 Å². The molecule has 1 unspecified atom stereocenters. The Hall–Kier alpha value is -2.05. The van der Waals surface area contributed by atoms with Gasteiger partial charge in [0.15, 0.2) is 0 Å². The number of amides is 1. The molecule has 0 saturated heterocycles. The van der Waals surface area contributed by atoms with Crippen molar-refractivity contribution in [1.82, 2.24) is 5.32 Å². The van der Waals surface area contributed by atoms with Gasteiger partial charge in [-0.05, 0) is 19.4 Å². The van der Waals surface area contributed by atoms with Gasteiger partial charge in [-0.3, -0.25) is 14.9 Å². The van der Waals surface area contributed by atoms with E-state index in [4.69, 9.17) is 0 Å². The van der Waals surface area contributed by atoms with E-state index in [-0.39, 0.29) is 6.04 Å². The third-order valence-corrected chi connectivity index (χ3v) is 2.56. The Balaban J connectivity index is 3.06. The highest BCUT2D eigenvalue weighted by Crippen LogP contribution is 2.22. The van der Waals surface area contributed by atoms with Crippen LogP contribution in [0.1, 0.15) is 37.0 Å². The normalized spacial score (nSPS) is 12.0. The highest BCUT2D eigenvalue weighted by atomic mass is 19.1. The first-order valence-electron chi connectivity index (χ1n) is 5.81. The number of carbonyl (C=O) groups excluding carboxylic acids is 1. The number of hydrogen-bond donors (Lipinski definition) is 1. The summed E-state index contributed by atoms with van der Waals surface area (Å²) in [6.07, 6.45) is 1.48. The van der Waals surface area contributed by atoms with E-state index < -0.39 is 33.7 Å². The van der Waals surface area contributed by atoms with Crippen LogP contribution in [0.5, 0.6) is 0 Å². The van der Waals surface area contributed by atoms with Gasteiger partial charge < -0.3 is 5.32 Å². The highest BCUT2D eigenvalue weighted by molar-refractivity contribution is 5.95. The van der Waals surface area contributed by atoms with Crippen molar-refractivity contribution in [2.24, 2.45) is 0 Å². The summed E-state index contributed by atoms with van der Waals surface area (Å²) >= 11 is 0. The maximum absolute atomic E-state index is 13.7. The van der Waals surface area contributed by atoms with Gasteiger partial charge in [-0.2, -0.15) is 4.39 Å². The summed E-state index contributed by atoms with van der Waals surface area (Å²) < 4.78 is 26.9. The van der Waals surface area contributed by atoms with E-state index in [9.17, 15) is 23.7 Å². The standard InChI is InChI=1S/C12H14F2N2O3/c1-3-4-7(2)15-12(17)9-5-8(13)6-10(11(9)14)16(18)19/h5-7H,3-4H2,1-2H3,(H,15,17). The predicted molar refractivity (Wildman–Crippen MR) is 64.8 cm³/mol. The Morgan fingerprint density at radius 1 is 1.47 bits per heavy atom. The van der Waals surface area contributed by atoms with Crippen LogP contribution < -0.4 is 5.32 Å². The first-order chi connectivity index (χ1) is 8.86. The van der Waals surface area contributed by atoms with Gasteiger partial charge in [0.25, 0.3) is 5.91 Å². The molecule has 0 fully saturated rings. The van der Waals surface area contributed by atoms with Gasteiger partial charge in [-0.25, -0.2) is 4.39 Å². The van der Waals surface area contributed by atoms with Crippen LogP contribution in [0.15, 0.2) is 12.1 Å². The van der Waals surface area contributed by atoms with Crippen molar-refractivity contribution in [2.75, 3.05) is 0 Å². The zero-order chi connectivity index (χ0) is 14.6. The maximum Gasteiger partial charge on any atom is 0.308 e. The summed E-state index contributed by atoms with van der Waals surface area (Å²) in [6.45, 7) is 3.63. The fourth-order valence-corrected chi connectivity index (χ4v) is 1.68. The zero-order valence-electron chi connectivity index (χ0n) is 10.6. The molecule has 104 valence electrons. The lowest BCUT2D eigenvalue weighted by Crippen LogP contribution is -2.33. The molecule has 1 N–H and O–H groups in total. The van der Waals surface area contributed by atoms with Gasteiger partial charge in [0.05, 0.1) is 16.6 Å². The second-order valence-corrected chi connectivity index (χ2v) is 4.21. The molecule has 7 heteroatoms. The van der Waals surface area contributed by atoms with Crippen molar-refractivity contribution in [2.45, 2.75) is 32.7 Å². The lowest BCUT2D eigenvalue weighted by atomic mass is 10.1. The molecule has 5 nitrogen and oxygen atoms in total. The Kier molecular flexibility index (Phi) is 4.91. The lowest BCUT2D eigenvalue weighted by Gasteiger charge is -2.13. The molecule has 0 aliphatic rings. The number of nitrogens with zero attached hydrogens (tertiary/aromatic N) is 1. The van der Waals surface area contributed by atoms with Crippen LogP contribution >= 0.6 is 0 Å². The van der Waals surface area contributed by atoms with Crippen LogP contribution in [0.4, 0.5) is 14.5 Å². The summed E-state index contributed by atoms with van der Waals surface area (Å²) in [6, 6.07) is 0.872. The Morgan fingerprint density at radius 2 is 2.11 bits per heavy atom. The number of benzene rings is 1. The minimum Gasteiger partial charge on any atom is -0.349 e. The second-order valence-electron chi connectivity index (χ2n) is 4.21. The van der Waals surface area contributed by atoms with Crippen LogP contribution in [0.2, 0.25) is 0 Å².